The van der Waals surface area contributed by atoms with E-state index in [0.29, 0.717) is 6.54 Å². The van der Waals surface area contributed by atoms with Gasteiger partial charge < -0.3 is 5.11 Å². The zero-order valence-corrected chi connectivity index (χ0v) is 7.91. The molecular weight excluding hydrogens is 166 g/mol. The van der Waals surface area contributed by atoms with Crippen LogP contribution in [0.2, 0.25) is 0 Å². The lowest BCUT2D eigenvalue weighted by molar-refractivity contribution is -0.138. The molecule has 0 aliphatic heterocycles. The first-order chi connectivity index (χ1) is 6.22. The first-order valence-electron chi connectivity index (χ1n) is 4.77. The Morgan fingerprint density at radius 1 is 1.62 bits per heavy atom. The average Bonchev–Trinajstić information content (AvgIpc) is 1.96. The number of aliphatic carboxylic acids is 1. The van der Waals surface area contributed by atoms with Crippen LogP contribution in [0.3, 0.4) is 0 Å². The van der Waals surface area contributed by atoms with Crippen LogP contribution in [0.4, 0.5) is 0 Å². The van der Waals surface area contributed by atoms with Crippen molar-refractivity contribution in [3.63, 3.8) is 0 Å². The molecule has 1 saturated carbocycles. The molecule has 0 heterocycles. The fourth-order valence-corrected chi connectivity index (χ4v) is 1.62. The number of carboxylic acid groups (broad SMARTS) is 1. The summed E-state index contributed by atoms with van der Waals surface area (Å²) >= 11 is 0. The number of carboxylic acids is 1. The number of hydrogen-bond acceptors (Lipinski definition) is 2. The van der Waals surface area contributed by atoms with Crippen LogP contribution in [-0.2, 0) is 4.79 Å². The molecule has 74 valence electrons. The van der Waals surface area contributed by atoms with E-state index in [4.69, 9.17) is 5.11 Å². The summed E-state index contributed by atoms with van der Waals surface area (Å²) in [7, 11) is 0. The summed E-state index contributed by atoms with van der Waals surface area (Å²) in [5, 5.41) is 8.64. The van der Waals surface area contributed by atoms with Gasteiger partial charge in [-0.3, -0.25) is 9.69 Å². The van der Waals surface area contributed by atoms with E-state index in [0.717, 1.165) is 12.5 Å². The molecule has 0 radical (unpaired) electrons. The minimum Gasteiger partial charge on any atom is -0.480 e. The summed E-state index contributed by atoms with van der Waals surface area (Å²) < 4.78 is 0. The Labute approximate surface area is 79.0 Å². The van der Waals surface area contributed by atoms with Crippen molar-refractivity contribution in [3.05, 3.63) is 12.7 Å². The minimum absolute atomic E-state index is 0.141. The second-order valence-electron chi connectivity index (χ2n) is 3.67. The molecule has 0 unspecified atom stereocenters. The van der Waals surface area contributed by atoms with Gasteiger partial charge in [0.1, 0.15) is 0 Å². The van der Waals surface area contributed by atoms with Crippen LogP contribution < -0.4 is 0 Å². The topological polar surface area (TPSA) is 40.5 Å². The molecule has 1 fully saturated rings. The van der Waals surface area contributed by atoms with E-state index in [9.17, 15) is 4.79 Å². The fourth-order valence-electron chi connectivity index (χ4n) is 1.62. The van der Waals surface area contributed by atoms with Gasteiger partial charge in [0.2, 0.25) is 0 Å². The van der Waals surface area contributed by atoms with Crippen molar-refractivity contribution >= 4 is 5.97 Å². The zero-order chi connectivity index (χ0) is 9.68. The molecule has 1 N–H and O–H groups in total. The molecule has 0 atom stereocenters. The summed E-state index contributed by atoms with van der Waals surface area (Å²) in [6.07, 6.45) is 5.59. The van der Waals surface area contributed by atoms with Gasteiger partial charge in [-0.2, -0.15) is 0 Å². The van der Waals surface area contributed by atoms with E-state index >= 15 is 0 Å². The standard InChI is InChI=1S/C10H17NO2/c1-2-6-11(8-10(12)13)7-9-4-3-5-9/h2,9H,1,3-8H2,(H,12,13). The Kier molecular flexibility index (Phi) is 3.96. The predicted octanol–water partition coefficient (Wildman–Crippen LogP) is 1.36. The molecule has 0 bridgehead atoms. The Morgan fingerprint density at radius 2 is 2.31 bits per heavy atom. The summed E-state index contributed by atoms with van der Waals surface area (Å²) in [4.78, 5) is 12.4. The van der Waals surface area contributed by atoms with Crippen LogP contribution in [0.1, 0.15) is 19.3 Å². The largest absolute Gasteiger partial charge is 0.480 e. The highest BCUT2D eigenvalue weighted by Crippen LogP contribution is 2.26. The van der Waals surface area contributed by atoms with E-state index < -0.39 is 5.97 Å². The van der Waals surface area contributed by atoms with Gasteiger partial charge in [-0.05, 0) is 18.8 Å². The monoisotopic (exact) mass is 183 g/mol. The number of nitrogens with zero attached hydrogens (tertiary/aromatic N) is 1. The number of hydrogen-bond donors (Lipinski definition) is 1. The lowest BCUT2D eigenvalue weighted by atomic mass is 9.85. The van der Waals surface area contributed by atoms with Gasteiger partial charge in [-0.1, -0.05) is 12.5 Å². The highest BCUT2D eigenvalue weighted by Gasteiger charge is 2.20. The normalized spacial score (nSPS) is 17.0. The van der Waals surface area contributed by atoms with E-state index in [2.05, 4.69) is 6.58 Å². The van der Waals surface area contributed by atoms with Crippen molar-refractivity contribution in [2.24, 2.45) is 5.92 Å². The second kappa shape index (κ2) is 5.02. The Hall–Kier alpha value is -0.830. The molecule has 0 aromatic heterocycles. The van der Waals surface area contributed by atoms with Gasteiger partial charge in [-0.25, -0.2) is 0 Å². The predicted molar refractivity (Wildman–Crippen MR) is 51.6 cm³/mol. The zero-order valence-electron chi connectivity index (χ0n) is 7.91. The Bertz CT molecular complexity index is 187. The third-order valence-corrected chi connectivity index (χ3v) is 2.49. The van der Waals surface area contributed by atoms with Gasteiger partial charge in [0.05, 0.1) is 6.54 Å². The minimum atomic E-state index is -0.749. The highest BCUT2D eigenvalue weighted by molar-refractivity contribution is 5.69. The van der Waals surface area contributed by atoms with Crippen molar-refractivity contribution in [2.75, 3.05) is 19.6 Å². The van der Waals surface area contributed by atoms with Crippen molar-refractivity contribution < 1.29 is 9.90 Å². The summed E-state index contributed by atoms with van der Waals surface area (Å²) in [5.41, 5.74) is 0. The molecule has 0 aromatic carbocycles. The lowest BCUT2D eigenvalue weighted by Crippen LogP contribution is -2.36. The summed E-state index contributed by atoms with van der Waals surface area (Å²) in [6, 6.07) is 0. The van der Waals surface area contributed by atoms with Gasteiger partial charge in [0, 0.05) is 13.1 Å². The van der Waals surface area contributed by atoms with E-state index in [1.165, 1.54) is 19.3 Å². The number of carbonyl (C=O) groups is 1. The third kappa shape index (κ3) is 3.59. The van der Waals surface area contributed by atoms with Crippen LogP contribution >= 0.6 is 0 Å². The van der Waals surface area contributed by atoms with Crippen LogP contribution in [0.25, 0.3) is 0 Å². The maximum atomic E-state index is 10.5. The van der Waals surface area contributed by atoms with Crippen LogP contribution in [-0.4, -0.2) is 35.6 Å². The van der Waals surface area contributed by atoms with Gasteiger partial charge in [0.25, 0.3) is 0 Å². The first-order valence-corrected chi connectivity index (χ1v) is 4.77. The maximum absolute atomic E-state index is 10.5. The van der Waals surface area contributed by atoms with Crippen molar-refractivity contribution in [1.29, 1.82) is 0 Å². The molecule has 1 rings (SSSR count). The Morgan fingerprint density at radius 3 is 2.69 bits per heavy atom. The Balaban J connectivity index is 2.26. The van der Waals surface area contributed by atoms with Crippen LogP contribution in [0, 0.1) is 5.92 Å². The van der Waals surface area contributed by atoms with Crippen LogP contribution in [0.15, 0.2) is 12.7 Å². The fraction of sp³-hybridized carbons (Fsp3) is 0.700. The lowest BCUT2D eigenvalue weighted by Gasteiger charge is -2.30. The maximum Gasteiger partial charge on any atom is 0.317 e. The molecule has 1 aliphatic carbocycles. The molecule has 3 heteroatoms. The van der Waals surface area contributed by atoms with E-state index in [1.54, 1.807) is 6.08 Å². The van der Waals surface area contributed by atoms with Gasteiger partial charge >= 0.3 is 5.97 Å². The van der Waals surface area contributed by atoms with E-state index in [1.807, 2.05) is 4.90 Å². The molecular formula is C10H17NO2. The number of rotatable bonds is 6. The first kappa shape index (κ1) is 10.3. The second-order valence-corrected chi connectivity index (χ2v) is 3.67. The molecule has 1 aliphatic rings. The quantitative estimate of drug-likeness (QED) is 0.632. The van der Waals surface area contributed by atoms with Gasteiger partial charge in [0.15, 0.2) is 0 Å². The highest BCUT2D eigenvalue weighted by atomic mass is 16.4. The van der Waals surface area contributed by atoms with Crippen LogP contribution in [0.5, 0.6) is 0 Å². The smallest absolute Gasteiger partial charge is 0.317 e. The van der Waals surface area contributed by atoms with Crippen molar-refractivity contribution in [2.45, 2.75) is 19.3 Å². The van der Waals surface area contributed by atoms with Gasteiger partial charge in [-0.15, -0.1) is 6.58 Å². The average molecular weight is 183 g/mol. The molecule has 3 nitrogen and oxygen atoms in total. The van der Waals surface area contributed by atoms with Crippen molar-refractivity contribution in [1.82, 2.24) is 4.90 Å². The molecule has 0 amide bonds. The summed E-state index contributed by atoms with van der Waals surface area (Å²) in [6.45, 7) is 5.36. The van der Waals surface area contributed by atoms with E-state index in [-0.39, 0.29) is 6.54 Å². The summed E-state index contributed by atoms with van der Waals surface area (Å²) in [5.74, 6) is -0.0273. The third-order valence-electron chi connectivity index (χ3n) is 2.49. The molecule has 0 spiro atoms. The molecule has 0 saturated heterocycles. The van der Waals surface area contributed by atoms with Crippen molar-refractivity contribution in [3.8, 4) is 0 Å². The molecule has 13 heavy (non-hydrogen) atoms. The molecule has 0 aromatic rings. The SMILES string of the molecule is C=CCN(CC(=O)O)CC1CCC1.